The van der Waals surface area contributed by atoms with E-state index in [1.54, 1.807) is 15.9 Å². The Kier molecular flexibility index (Phi) is 8.95. The zero-order valence-corrected chi connectivity index (χ0v) is 23.1. The van der Waals surface area contributed by atoms with Crippen LogP contribution < -0.4 is 14.5 Å². The maximum Gasteiger partial charge on any atom is 0.418 e. The van der Waals surface area contributed by atoms with Crippen molar-refractivity contribution in [3.05, 3.63) is 53.7 Å². The molecule has 1 unspecified atom stereocenters. The minimum absolute atomic E-state index is 0. The van der Waals surface area contributed by atoms with Crippen molar-refractivity contribution in [2.24, 2.45) is 0 Å². The molecule has 0 radical (unpaired) electrons. The van der Waals surface area contributed by atoms with Gasteiger partial charge in [0.05, 0.1) is 17.8 Å². The second-order valence-corrected chi connectivity index (χ2v) is 10.0. The quantitative estimate of drug-likeness (QED) is 0.498. The number of carbonyl (C=O) groups is 1. The fourth-order valence-electron chi connectivity index (χ4n) is 5.54. The van der Waals surface area contributed by atoms with Crippen molar-refractivity contribution in [1.82, 2.24) is 19.8 Å². The van der Waals surface area contributed by atoms with E-state index in [0.717, 1.165) is 36.8 Å². The third-order valence-electron chi connectivity index (χ3n) is 7.71. The largest absolute Gasteiger partial charge is 0.462 e. The molecule has 8 nitrogen and oxygen atoms in total. The average molecular weight is 565 g/mol. The molecule has 1 aromatic carbocycles. The van der Waals surface area contributed by atoms with Crippen molar-refractivity contribution >= 4 is 30.9 Å². The SMILES string of the molecule is C=CC(=O)N1CCN(c2nc(OCC3CCCN3C)nc3c2CCN(c2ccccc2C(F)(F)F)C3)CC1.S. The predicted octanol–water partition coefficient (Wildman–Crippen LogP) is 3.48. The lowest BCUT2D eigenvalue weighted by Gasteiger charge is -2.38. The van der Waals surface area contributed by atoms with Crippen LogP contribution in [0.1, 0.15) is 29.7 Å². The molecule has 2 fully saturated rings. The molecule has 0 saturated carbocycles. The third kappa shape index (κ3) is 6.27. The highest BCUT2D eigenvalue weighted by atomic mass is 32.1. The van der Waals surface area contributed by atoms with Gasteiger partial charge in [0.15, 0.2) is 0 Å². The first kappa shape index (κ1) is 29.0. The molecule has 3 aliphatic heterocycles. The number of aromatic nitrogens is 2. The van der Waals surface area contributed by atoms with Crippen LogP contribution in [0.25, 0.3) is 0 Å². The van der Waals surface area contributed by atoms with Crippen molar-refractivity contribution in [2.45, 2.75) is 38.0 Å². The number of fused-ring (bicyclic) bond motifs is 1. The molecule has 212 valence electrons. The van der Waals surface area contributed by atoms with E-state index in [9.17, 15) is 18.0 Å². The smallest absolute Gasteiger partial charge is 0.418 e. The van der Waals surface area contributed by atoms with E-state index in [2.05, 4.69) is 23.4 Å². The first-order valence-electron chi connectivity index (χ1n) is 13.0. The normalized spacial score (nSPS) is 19.9. The number of benzene rings is 1. The minimum Gasteiger partial charge on any atom is -0.462 e. The van der Waals surface area contributed by atoms with Crippen LogP contribution in [0.5, 0.6) is 6.01 Å². The van der Waals surface area contributed by atoms with Gasteiger partial charge in [-0.3, -0.25) is 4.79 Å². The number of alkyl halides is 3. The summed E-state index contributed by atoms with van der Waals surface area (Å²) in [4.78, 5) is 29.4. The number of likely N-dealkylation sites (N-methyl/N-ethyl adjacent to an activating group) is 1. The number of hydrogen-bond donors (Lipinski definition) is 0. The molecule has 2 aromatic rings. The number of rotatable bonds is 6. The maximum atomic E-state index is 13.7. The van der Waals surface area contributed by atoms with Gasteiger partial charge in [-0.2, -0.15) is 36.6 Å². The predicted molar refractivity (Wildman–Crippen MR) is 149 cm³/mol. The number of likely N-dealkylation sites (tertiary alicyclic amines) is 1. The van der Waals surface area contributed by atoms with Crippen LogP contribution in [0.2, 0.25) is 0 Å². The Balaban J connectivity index is 0.00000353. The van der Waals surface area contributed by atoms with Gasteiger partial charge in [-0.1, -0.05) is 18.7 Å². The van der Waals surface area contributed by atoms with Crippen LogP contribution >= 0.6 is 13.5 Å². The summed E-state index contributed by atoms with van der Waals surface area (Å²) < 4.78 is 47.3. The summed E-state index contributed by atoms with van der Waals surface area (Å²) in [5.41, 5.74) is 1.11. The monoisotopic (exact) mass is 564 g/mol. The van der Waals surface area contributed by atoms with Gasteiger partial charge in [0.2, 0.25) is 5.91 Å². The van der Waals surface area contributed by atoms with Crippen molar-refractivity contribution in [1.29, 1.82) is 0 Å². The number of anilines is 2. The van der Waals surface area contributed by atoms with E-state index in [0.29, 0.717) is 51.4 Å². The lowest BCUT2D eigenvalue weighted by atomic mass is 10.0. The molecular weight excluding hydrogens is 529 g/mol. The molecule has 0 bridgehead atoms. The van der Waals surface area contributed by atoms with Crippen LogP contribution in [0, 0.1) is 0 Å². The maximum absolute atomic E-state index is 13.7. The molecule has 0 N–H and O–H groups in total. The molecule has 39 heavy (non-hydrogen) atoms. The summed E-state index contributed by atoms with van der Waals surface area (Å²) in [6.45, 7) is 7.95. The Morgan fingerprint density at radius 1 is 1.10 bits per heavy atom. The van der Waals surface area contributed by atoms with Crippen LogP contribution in [0.4, 0.5) is 24.7 Å². The second kappa shape index (κ2) is 12.0. The van der Waals surface area contributed by atoms with Crippen LogP contribution in [0.15, 0.2) is 36.9 Å². The molecule has 2 saturated heterocycles. The van der Waals surface area contributed by atoms with Crippen molar-refractivity contribution in [3.63, 3.8) is 0 Å². The molecule has 1 atom stereocenters. The van der Waals surface area contributed by atoms with Crippen LogP contribution in [0.3, 0.4) is 0 Å². The van der Waals surface area contributed by atoms with Gasteiger partial charge in [0.25, 0.3) is 0 Å². The van der Waals surface area contributed by atoms with Gasteiger partial charge in [-0.15, -0.1) is 0 Å². The number of piperazine rings is 1. The summed E-state index contributed by atoms with van der Waals surface area (Å²) in [6.07, 6.45) is -0.467. The Bertz CT molecular complexity index is 1190. The van der Waals surface area contributed by atoms with Gasteiger partial charge in [0.1, 0.15) is 12.4 Å². The van der Waals surface area contributed by atoms with Crippen molar-refractivity contribution in [2.75, 3.05) is 62.7 Å². The molecular formula is C27H35F3N6O2S. The van der Waals surface area contributed by atoms with Gasteiger partial charge in [0, 0.05) is 50.0 Å². The molecule has 1 amide bonds. The lowest BCUT2D eigenvalue weighted by molar-refractivity contribution is -0.137. The summed E-state index contributed by atoms with van der Waals surface area (Å²) >= 11 is 0. The zero-order chi connectivity index (χ0) is 26.9. The van der Waals surface area contributed by atoms with Crippen molar-refractivity contribution < 1.29 is 22.7 Å². The van der Waals surface area contributed by atoms with E-state index in [4.69, 9.17) is 14.7 Å². The molecule has 3 aliphatic rings. The fourth-order valence-corrected chi connectivity index (χ4v) is 5.54. The standard InChI is InChI=1S/C27H33F3N6O2.H2S/c1-3-24(37)34-13-15-35(16-14-34)25-20-10-12-36(23-9-5-4-8-21(23)27(28,29)30)17-22(20)31-26(32-25)38-18-19-7-6-11-33(19)2;/h3-5,8-9,19H,1,6-7,10-18H2,2H3;1H2. The fraction of sp³-hybridized carbons (Fsp3) is 0.519. The zero-order valence-electron chi connectivity index (χ0n) is 22.1. The molecule has 12 heteroatoms. The molecule has 0 aliphatic carbocycles. The van der Waals surface area contributed by atoms with Gasteiger partial charge in [-0.25, -0.2) is 0 Å². The first-order valence-corrected chi connectivity index (χ1v) is 13.0. The van der Waals surface area contributed by atoms with Crippen LogP contribution in [-0.2, 0) is 23.9 Å². The number of ether oxygens (including phenoxy) is 1. The summed E-state index contributed by atoms with van der Waals surface area (Å²) in [5, 5.41) is 0. The molecule has 1 aromatic heterocycles. The summed E-state index contributed by atoms with van der Waals surface area (Å²) in [7, 11) is 2.07. The van der Waals surface area contributed by atoms with E-state index in [1.165, 1.54) is 18.2 Å². The Morgan fingerprint density at radius 3 is 2.51 bits per heavy atom. The molecule has 0 spiro atoms. The van der Waals surface area contributed by atoms with Gasteiger partial charge >= 0.3 is 12.2 Å². The number of halogens is 3. The number of carbonyl (C=O) groups excluding carboxylic acids is 1. The van der Waals surface area contributed by atoms with Gasteiger partial charge < -0.3 is 24.3 Å². The highest BCUT2D eigenvalue weighted by molar-refractivity contribution is 7.59. The highest BCUT2D eigenvalue weighted by Gasteiger charge is 2.36. The lowest BCUT2D eigenvalue weighted by Crippen LogP contribution is -2.49. The second-order valence-electron chi connectivity index (χ2n) is 10.0. The highest BCUT2D eigenvalue weighted by Crippen LogP contribution is 2.39. The number of nitrogens with zero attached hydrogens (tertiary/aromatic N) is 6. The van der Waals surface area contributed by atoms with Gasteiger partial charge in [-0.05, 0) is 51.1 Å². The summed E-state index contributed by atoms with van der Waals surface area (Å²) in [5.74, 6) is 0.650. The van der Waals surface area contributed by atoms with E-state index in [1.807, 2.05) is 0 Å². The average Bonchev–Trinajstić information content (AvgIpc) is 3.34. The Morgan fingerprint density at radius 2 is 1.85 bits per heavy atom. The van der Waals surface area contributed by atoms with Crippen LogP contribution in [-0.4, -0.2) is 84.6 Å². The first-order chi connectivity index (χ1) is 18.2. The number of amides is 1. The Hall–Kier alpha value is -2.99. The number of hydrogen-bond acceptors (Lipinski definition) is 7. The van der Waals surface area contributed by atoms with E-state index in [-0.39, 0.29) is 43.7 Å². The Labute approximate surface area is 233 Å². The van der Waals surface area contributed by atoms with E-state index < -0.39 is 11.7 Å². The summed E-state index contributed by atoms with van der Waals surface area (Å²) in [6, 6.07) is 6.19. The van der Waals surface area contributed by atoms with Crippen molar-refractivity contribution in [3.8, 4) is 6.01 Å². The van der Waals surface area contributed by atoms with E-state index >= 15 is 0 Å². The minimum atomic E-state index is -4.45. The molecule has 4 heterocycles. The topological polar surface area (TPSA) is 65.0 Å². The molecule has 5 rings (SSSR count). The third-order valence-corrected chi connectivity index (χ3v) is 7.71. The number of para-hydroxylation sites is 1.